The Morgan fingerprint density at radius 1 is 1.28 bits per heavy atom. The summed E-state index contributed by atoms with van der Waals surface area (Å²) in [6.45, 7) is 4.14. The van der Waals surface area contributed by atoms with Crippen molar-refractivity contribution in [2.24, 2.45) is 0 Å². The van der Waals surface area contributed by atoms with Crippen LogP contribution in [0.5, 0.6) is 0 Å². The summed E-state index contributed by atoms with van der Waals surface area (Å²) in [5, 5.41) is 14.4. The van der Waals surface area contributed by atoms with Gasteiger partial charge in [-0.25, -0.2) is 0 Å². The first-order chi connectivity index (χ1) is 8.56. The molecule has 0 saturated heterocycles. The summed E-state index contributed by atoms with van der Waals surface area (Å²) in [7, 11) is 0. The second-order valence-corrected chi connectivity index (χ2v) is 5.94. The van der Waals surface area contributed by atoms with Crippen molar-refractivity contribution >= 4 is 22.6 Å². The first-order valence-electron chi connectivity index (χ1n) is 6.03. The lowest BCUT2D eigenvalue weighted by Gasteiger charge is -2.09. The Kier molecular flexibility index (Phi) is 4.40. The summed E-state index contributed by atoms with van der Waals surface area (Å²) in [5.74, 6) is 0. The van der Waals surface area contributed by atoms with Crippen LogP contribution in [0.15, 0.2) is 36.7 Å². The number of rotatable bonds is 4. The second kappa shape index (κ2) is 5.84. The molecular formula is C14H17IN2O. The molecule has 0 aliphatic carbocycles. The van der Waals surface area contributed by atoms with E-state index >= 15 is 0 Å². The van der Waals surface area contributed by atoms with E-state index in [-0.39, 0.29) is 0 Å². The Bertz CT molecular complexity index is 505. The van der Waals surface area contributed by atoms with Crippen LogP contribution >= 0.6 is 22.6 Å². The molecule has 3 nitrogen and oxygen atoms in total. The van der Waals surface area contributed by atoms with Crippen LogP contribution in [0.25, 0.3) is 0 Å². The Morgan fingerprint density at radius 2 is 1.94 bits per heavy atom. The minimum atomic E-state index is -0.488. The smallest absolute Gasteiger partial charge is 0.0860 e. The van der Waals surface area contributed by atoms with Gasteiger partial charge in [-0.1, -0.05) is 12.1 Å². The number of benzene rings is 1. The maximum Gasteiger partial charge on any atom is 0.0860 e. The van der Waals surface area contributed by atoms with Crippen LogP contribution in [0, 0.1) is 3.57 Å². The summed E-state index contributed by atoms with van der Waals surface area (Å²) in [6.07, 6.45) is 3.80. The van der Waals surface area contributed by atoms with Crippen LogP contribution in [0.2, 0.25) is 0 Å². The van der Waals surface area contributed by atoms with Crippen molar-refractivity contribution in [3.8, 4) is 0 Å². The van der Waals surface area contributed by atoms with Gasteiger partial charge >= 0.3 is 0 Å². The fraction of sp³-hybridized carbons (Fsp3) is 0.357. The van der Waals surface area contributed by atoms with Gasteiger partial charge in [-0.05, 0) is 54.1 Å². The summed E-state index contributed by atoms with van der Waals surface area (Å²) in [6, 6.07) is 8.54. The van der Waals surface area contributed by atoms with Crippen LogP contribution in [0.3, 0.4) is 0 Å². The maximum absolute atomic E-state index is 10.2. The largest absolute Gasteiger partial charge is 0.388 e. The van der Waals surface area contributed by atoms with Crippen molar-refractivity contribution in [3.63, 3.8) is 0 Å². The lowest BCUT2D eigenvalue weighted by molar-refractivity contribution is 0.178. The zero-order chi connectivity index (χ0) is 13.1. The summed E-state index contributed by atoms with van der Waals surface area (Å²) in [5.41, 5.74) is 2.02. The molecule has 0 spiro atoms. The lowest BCUT2D eigenvalue weighted by Crippen LogP contribution is -2.02. The van der Waals surface area contributed by atoms with E-state index in [0.29, 0.717) is 12.5 Å². The fourth-order valence-corrected chi connectivity index (χ4v) is 2.13. The van der Waals surface area contributed by atoms with E-state index < -0.39 is 6.10 Å². The van der Waals surface area contributed by atoms with Crippen molar-refractivity contribution in [1.82, 2.24) is 9.78 Å². The number of aliphatic hydroxyl groups excluding tert-OH is 1. The van der Waals surface area contributed by atoms with Crippen molar-refractivity contribution in [2.45, 2.75) is 32.4 Å². The number of nitrogens with zero attached hydrogens (tertiary/aromatic N) is 2. The third-order valence-corrected chi connectivity index (χ3v) is 3.60. The maximum atomic E-state index is 10.2. The molecule has 1 unspecified atom stereocenters. The van der Waals surface area contributed by atoms with E-state index in [1.807, 2.05) is 10.9 Å². The molecular weight excluding hydrogens is 339 g/mol. The molecule has 0 fully saturated rings. The van der Waals surface area contributed by atoms with Gasteiger partial charge in [0.1, 0.15) is 0 Å². The molecule has 1 aromatic heterocycles. The van der Waals surface area contributed by atoms with E-state index in [2.05, 4.69) is 65.8 Å². The average Bonchev–Trinajstić information content (AvgIpc) is 2.81. The molecule has 2 rings (SSSR count). The normalized spacial score (nSPS) is 12.9. The van der Waals surface area contributed by atoms with E-state index in [1.165, 1.54) is 3.57 Å². The first kappa shape index (κ1) is 13.5. The Hall–Kier alpha value is -0.880. The van der Waals surface area contributed by atoms with Crippen LogP contribution in [0.1, 0.15) is 37.1 Å². The standard InChI is InChI=1S/C14H17IN2O/c1-10(2)17-9-12(8-16-17)14(18)7-11-3-5-13(15)6-4-11/h3-6,8-10,14,18H,7H2,1-2H3. The minimum absolute atomic E-state index is 0.323. The highest BCUT2D eigenvalue weighted by Crippen LogP contribution is 2.19. The number of aromatic nitrogens is 2. The van der Waals surface area contributed by atoms with Crippen LogP contribution < -0.4 is 0 Å². The van der Waals surface area contributed by atoms with Crippen LogP contribution in [-0.4, -0.2) is 14.9 Å². The monoisotopic (exact) mass is 356 g/mol. The zero-order valence-electron chi connectivity index (χ0n) is 10.5. The Balaban J connectivity index is 2.06. The van der Waals surface area contributed by atoms with Crippen LogP contribution in [-0.2, 0) is 6.42 Å². The molecule has 18 heavy (non-hydrogen) atoms. The Labute approximate surface area is 121 Å². The van der Waals surface area contributed by atoms with Gasteiger partial charge in [0, 0.05) is 27.8 Å². The van der Waals surface area contributed by atoms with Gasteiger partial charge in [0.25, 0.3) is 0 Å². The van der Waals surface area contributed by atoms with Gasteiger partial charge in [-0.2, -0.15) is 5.10 Å². The SMILES string of the molecule is CC(C)n1cc(C(O)Cc2ccc(I)cc2)cn1. The molecule has 0 bridgehead atoms. The Morgan fingerprint density at radius 3 is 2.50 bits per heavy atom. The predicted octanol–water partition coefficient (Wildman–Crippen LogP) is 3.34. The molecule has 1 heterocycles. The van der Waals surface area contributed by atoms with Gasteiger partial charge in [-0.3, -0.25) is 4.68 Å². The van der Waals surface area contributed by atoms with Gasteiger partial charge in [-0.15, -0.1) is 0 Å². The molecule has 0 radical (unpaired) electrons. The number of hydrogen-bond donors (Lipinski definition) is 1. The molecule has 1 aromatic carbocycles. The fourth-order valence-electron chi connectivity index (χ4n) is 1.77. The lowest BCUT2D eigenvalue weighted by atomic mass is 10.0. The molecule has 0 saturated carbocycles. The van der Waals surface area contributed by atoms with Gasteiger partial charge < -0.3 is 5.11 Å². The van der Waals surface area contributed by atoms with Crippen molar-refractivity contribution < 1.29 is 5.11 Å². The van der Waals surface area contributed by atoms with Gasteiger partial charge in [0.2, 0.25) is 0 Å². The molecule has 4 heteroatoms. The summed E-state index contributed by atoms with van der Waals surface area (Å²) in [4.78, 5) is 0. The molecule has 96 valence electrons. The molecule has 0 amide bonds. The van der Waals surface area contributed by atoms with E-state index in [9.17, 15) is 5.11 Å². The second-order valence-electron chi connectivity index (χ2n) is 4.69. The summed E-state index contributed by atoms with van der Waals surface area (Å²) >= 11 is 2.28. The van der Waals surface area contributed by atoms with Crippen molar-refractivity contribution in [1.29, 1.82) is 0 Å². The molecule has 2 aromatic rings. The third-order valence-electron chi connectivity index (χ3n) is 2.88. The van der Waals surface area contributed by atoms with E-state index in [4.69, 9.17) is 0 Å². The van der Waals surface area contributed by atoms with E-state index in [0.717, 1.165) is 11.1 Å². The minimum Gasteiger partial charge on any atom is -0.388 e. The highest BCUT2D eigenvalue weighted by Gasteiger charge is 2.11. The molecule has 1 atom stereocenters. The zero-order valence-corrected chi connectivity index (χ0v) is 12.7. The number of halogens is 1. The highest BCUT2D eigenvalue weighted by atomic mass is 127. The number of aliphatic hydroxyl groups is 1. The molecule has 0 aliphatic rings. The van der Waals surface area contributed by atoms with Gasteiger partial charge in [0.15, 0.2) is 0 Å². The number of hydrogen-bond acceptors (Lipinski definition) is 2. The summed E-state index contributed by atoms with van der Waals surface area (Å²) < 4.78 is 3.07. The topological polar surface area (TPSA) is 38.0 Å². The quantitative estimate of drug-likeness (QED) is 0.854. The van der Waals surface area contributed by atoms with Crippen molar-refractivity contribution in [2.75, 3.05) is 0 Å². The van der Waals surface area contributed by atoms with Gasteiger partial charge in [0.05, 0.1) is 12.3 Å². The molecule has 1 N–H and O–H groups in total. The van der Waals surface area contributed by atoms with Crippen molar-refractivity contribution in [3.05, 3.63) is 51.4 Å². The first-order valence-corrected chi connectivity index (χ1v) is 7.10. The average molecular weight is 356 g/mol. The molecule has 0 aliphatic heterocycles. The highest BCUT2D eigenvalue weighted by molar-refractivity contribution is 14.1. The third kappa shape index (κ3) is 3.32. The van der Waals surface area contributed by atoms with E-state index in [1.54, 1.807) is 6.20 Å². The van der Waals surface area contributed by atoms with Crippen LogP contribution in [0.4, 0.5) is 0 Å². The predicted molar refractivity (Wildman–Crippen MR) is 80.4 cm³/mol.